The molecule has 3 heterocycles. The summed E-state index contributed by atoms with van der Waals surface area (Å²) in [6.07, 6.45) is 1.47. The van der Waals surface area contributed by atoms with Crippen LogP contribution in [0.15, 0.2) is 41.6 Å². The molecule has 0 bridgehead atoms. The van der Waals surface area contributed by atoms with Crippen LogP contribution in [0.5, 0.6) is 0 Å². The average molecular weight is 410 g/mol. The van der Waals surface area contributed by atoms with Gasteiger partial charge < -0.3 is 5.73 Å². The minimum Gasteiger partial charge on any atom is -0.350 e. The number of pyridine rings is 1. The number of carbonyl (C=O) groups is 1. The van der Waals surface area contributed by atoms with E-state index in [-0.39, 0.29) is 22.3 Å². The van der Waals surface area contributed by atoms with Gasteiger partial charge in [0.1, 0.15) is 17.3 Å². The molecule has 3 N–H and O–H groups in total. The highest BCUT2D eigenvalue weighted by Gasteiger charge is 2.25. The van der Waals surface area contributed by atoms with E-state index in [1.54, 1.807) is 32.0 Å². The number of hydrogen-bond donors (Lipinski definition) is 2. The first-order chi connectivity index (χ1) is 14.4. The van der Waals surface area contributed by atoms with Gasteiger partial charge in [0.15, 0.2) is 11.5 Å². The third kappa shape index (κ3) is 3.30. The molecule has 9 nitrogen and oxygen atoms in total. The van der Waals surface area contributed by atoms with Gasteiger partial charge >= 0.3 is 6.03 Å². The van der Waals surface area contributed by atoms with Crippen LogP contribution in [0, 0.1) is 11.6 Å². The number of primary amides is 1. The predicted molar refractivity (Wildman–Crippen MR) is 105 cm³/mol. The van der Waals surface area contributed by atoms with Crippen LogP contribution < -0.4 is 11.2 Å². The average Bonchev–Trinajstić information content (AvgIpc) is 3.15. The maximum absolute atomic E-state index is 15.1. The Hall–Kier alpha value is -4.02. The van der Waals surface area contributed by atoms with Gasteiger partial charge in [-0.2, -0.15) is 14.7 Å². The lowest BCUT2D eigenvalue weighted by molar-refractivity contribution is 0.249. The highest BCUT2D eigenvalue weighted by molar-refractivity contribution is 5.97. The highest BCUT2D eigenvalue weighted by Crippen LogP contribution is 2.31. The molecule has 0 aliphatic carbocycles. The number of hydrazone groups is 1. The number of nitrogens with zero attached hydrogens (tertiary/aromatic N) is 6. The second-order valence-corrected chi connectivity index (χ2v) is 6.60. The van der Waals surface area contributed by atoms with Crippen LogP contribution in [-0.4, -0.2) is 36.5 Å². The van der Waals surface area contributed by atoms with Crippen LogP contribution in [-0.2, 0) is 0 Å². The Labute approximate surface area is 168 Å². The molecule has 0 saturated heterocycles. The van der Waals surface area contributed by atoms with Gasteiger partial charge in [0.05, 0.1) is 11.2 Å². The van der Waals surface area contributed by atoms with E-state index >= 15 is 4.39 Å². The van der Waals surface area contributed by atoms with Crippen molar-refractivity contribution in [2.75, 3.05) is 0 Å². The fourth-order valence-electron chi connectivity index (χ4n) is 3.16. The number of benzene rings is 1. The van der Waals surface area contributed by atoms with E-state index in [4.69, 9.17) is 5.73 Å². The van der Waals surface area contributed by atoms with E-state index in [1.165, 1.54) is 22.8 Å². The molecule has 0 spiro atoms. The van der Waals surface area contributed by atoms with Gasteiger partial charge in [-0.1, -0.05) is 6.92 Å². The quantitative estimate of drug-likeness (QED) is 0.395. The van der Waals surface area contributed by atoms with Crippen LogP contribution in [0.3, 0.4) is 0 Å². The van der Waals surface area contributed by atoms with E-state index in [9.17, 15) is 9.18 Å². The Morgan fingerprint density at radius 3 is 2.83 bits per heavy atom. The summed E-state index contributed by atoms with van der Waals surface area (Å²) < 4.78 is 31.3. The summed E-state index contributed by atoms with van der Waals surface area (Å²) in [6, 6.07) is 6.76. The number of halogens is 2. The summed E-state index contributed by atoms with van der Waals surface area (Å²) >= 11 is 0. The highest BCUT2D eigenvalue weighted by atomic mass is 19.1. The van der Waals surface area contributed by atoms with Gasteiger partial charge in [0.2, 0.25) is 0 Å². The Morgan fingerprint density at radius 2 is 2.07 bits per heavy atom. The Kier molecular flexibility index (Phi) is 4.78. The van der Waals surface area contributed by atoms with Crippen LogP contribution in [0.1, 0.15) is 36.8 Å². The molecule has 1 aromatic carbocycles. The largest absolute Gasteiger partial charge is 0.350 e. The topological polar surface area (TPSA) is 123 Å². The lowest BCUT2D eigenvalue weighted by Gasteiger charge is -2.14. The first-order valence-corrected chi connectivity index (χ1v) is 8.92. The Balaban J connectivity index is 1.82. The van der Waals surface area contributed by atoms with Crippen molar-refractivity contribution in [2.45, 2.75) is 19.8 Å². The summed E-state index contributed by atoms with van der Waals surface area (Å²) in [5.41, 5.74) is 8.36. The van der Waals surface area contributed by atoms with Gasteiger partial charge in [0, 0.05) is 29.1 Å². The third-order valence-corrected chi connectivity index (χ3v) is 4.64. The molecule has 152 valence electrons. The van der Waals surface area contributed by atoms with Crippen LogP contribution >= 0.6 is 0 Å². The van der Waals surface area contributed by atoms with E-state index in [0.717, 1.165) is 0 Å². The van der Waals surface area contributed by atoms with Crippen LogP contribution in [0.2, 0.25) is 0 Å². The van der Waals surface area contributed by atoms with Gasteiger partial charge in [-0.3, -0.25) is 4.98 Å². The van der Waals surface area contributed by atoms with E-state index in [0.29, 0.717) is 17.1 Å². The van der Waals surface area contributed by atoms with Crippen molar-refractivity contribution in [1.29, 1.82) is 0 Å². The standard InChI is InChI=1S/C19H16F2N8O/c1-9(16-12(20)8-14-11(17(16)21)4-3-7-23-14)18-26-25-15-6-5-13(28-29(15)18)10(2)24-27-19(22)30/h3-9H,1-2H3,(H3,22,27,30)/b24-10+. The molecular weight excluding hydrogens is 394 g/mol. The predicted octanol–water partition coefficient (Wildman–Crippen LogP) is 2.49. The minimum atomic E-state index is -0.814. The molecule has 0 radical (unpaired) electrons. The summed E-state index contributed by atoms with van der Waals surface area (Å²) in [5.74, 6) is -2.00. The molecule has 2 amide bonds. The second-order valence-electron chi connectivity index (χ2n) is 6.60. The van der Waals surface area contributed by atoms with E-state index in [1.807, 2.05) is 0 Å². The Morgan fingerprint density at radius 1 is 1.27 bits per heavy atom. The van der Waals surface area contributed by atoms with Gasteiger partial charge in [-0.05, 0) is 31.2 Å². The van der Waals surface area contributed by atoms with Crippen molar-refractivity contribution in [2.24, 2.45) is 10.8 Å². The maximum Gasteiger partial charge on any atom is 0.332 e. The first kappa shape index (κ1) is 19.3. The number of nitrogens with one attached hydrogen (secondary N) is 1. The number of nitrogens with two attached hydrogens (primary N) is 1. The summed E-state index contributed by atoms with van der Waals surface area (Å²) in [4.78, 5) is 14.8. The van der Waals surface area contributed by atoms with Gasteiger partial charge in [-0.25, -0.2) is 19.0 Å². The van der Waals surface area contributed by atoms with Crippen molar-refractivity contribution in [3.8, 4) is 0 Å². The van der Waals surface area contributed by atoms with Crippen molar-refractivity contribution in [1.82, 2.24) is 30.2 Å². The van der Waals surface area contributed by atoms with Gasteiger partial charge in [-0.15, -0.1) is 10.2 Å². The molecule has 0 fully saturated rings. The number of hydrogen-bond acceptors (Lipinski definition) is 6. The number of rotatable bonds is 4. The first-order valence-electron chi connectivity index (χ1n) is 8.92. The summed E-state index contributed by atoms with van der Waals surface area (Å²) in [6.45, 7) is 3.23. The monoisotopic (exact) mass is 410 g/mol. The number of urea groups is 1. The molecule has 3 aromatic heterocycles. The molecular formula is C19H16F2N8O. The van der Waals surface area contributed by atoms with Crippen LogP contribution in [0.4, 0.5) is 13.6 Å². The normalized spacial score (nSPS) is 13.0. The Bertz CT molecular complexity index is 1320. The fraction of sp³-hybridized carbons (Fsp3) is 0.158. The number of fused-ring (bicyclic) bond motifs is 2. The molecule has 0 aliphatic rings. The SMILES string of the molecule is C/C(=N\NC(N)=O)c1ccc2nnc(C(C)c3c(F)cc4ncccc4c3F)n2n1. The lowest BCUT2D eigenvalue weighted by Crippen LogP contribution is -2.25. The van der Waals surface area contributed by atoms with Gasteiger partial charge in [0.25, 0.3) is 0 Å². The molecule has 11 heteroatoms. The van der Waals surface area contributed by atoms with Crippen molar-refractivity contribution in [3.05, 3.63) is 65.2 Å². The molecule has 0 aliphatic heterocycles. The van der Waals surface area contributed by atoms with Crippen LogP contribution in [0.25, 0.3) is 16.6 Å². The number of aromatic nitrogens is 5. The molecule has 4 rings (SSSR count). The summed E-state index contributed by atoms with van der Waals surface area (Å²) in [5, 5.41) is 16.5. The second kappa shape index (κ2) is 7.43. The molecule has 1 unspecified atom stereocenters. The van der Waals surface area contributed by atoms with E-state index < -0.39 is 23.6 Å². The fourth-order valence-corrected chi connectivity index (χ4v) is 3.16. The third-order valence-electron chi connectivity index (χ3n) is 4.64. The molecule has 1 atom stereocenters. The van der Waals surface area contributed by atoms with E-state index in [2.05, 4.69) is 30.8 Å². The molecule has 30 heavy (non-hydrogen) atoms. The smallest absolute Gasteiger partial charge is 0.332 e. The van der Waals surface area contributed by atoms with Crippen molar-refractivity contribution >= 4 is 28.3 Å². The zero-order valence-electron chi connectivity index (χ0n) is 16.0. The molecule has 4 aromatic rings. The maximum atomic E-state index is 15.1. The minimum absolute atomic E-state index is 0.155. The van der Waals surface area contributed by atoms with Crippen molar-refractivity contribution < 1.29 is 13.6 Å². The summed E-state index contributed by atoms with van der Waals surface area (Å²) in [7, 11) is 0. The van der Waals surface area contributed by atoms with Crippen molar-refractivity contribution in [3.63, 3.8) is 0 Å². The lowest BCUT2D eigenvalue weighted by atomic mass is 9.97. The zero-order chi connectivity index (χ0) is 21.4. The number of carbonyl (C=O) groups excluding carboxylic acids is 1. The number of amides is 2. The zero-order valence-corrected chi connectivity index (χ0v) is 16.0. The molecule has 0 saturated carbocycles.